The van der Waals surface area contributed by atoms with Crippen molar-refractivity contribution in [3.63, 3.8) is 0 Å². The van der Waals surface area contributed by atoms with Gasteiger partial charge < -0.3 is 14.8 Å². The highest BCUT2D eigenvalue weighted by Crippen LogP contribution is 2.20. The van der Waals surface area contributed by atoms with Crippen LogP contribution in [0, 0.1) is 0 Å². The van der Waals surface area contributed by atoms with Gasteiger partial charge in [0, 0.05) is 0 Å². The van der Waals surface area contributed by atoms with Crippen LogP contribution in [0.1, 0.15) is 39.2 Å². The molecule has 4 nitrogen and oxygen atoms in total. The van der Waals surface area contributed by atoms with Crippen LogP contribution in [0.3, 0.4) is 0 Å². The van der Waals surface area contributed by atoms with Gasteiger partial charge in [0.1, 0.15) is 6.10 Å². The van der Waals surface area contributed by atoms with Crippen LogP contribution in [-0.2, 0) is 20.9 Å². The molecule has 0 saturated carbocycles. The Kier molecular flexibility index (Phi) is 5.37. The highest BCUT2D eigenvalue weighted by molar-refractivity contribution is 5.81. The standard InChI is InChI=1S/C17H25NO3/c1-13-9-10-15(21-13)16(19)18-17(2,3)12-20-11-14-7-5-4-6-8-14/h4-8,13,15H,9-12H2,1-3H3,(H,18,19)/t13-,15+/m0/s1. The Morgan fingerprint density at radius 1 is 1.33 bits per heavy atom. The van der Waals surface area contributed by atoms with E-state index in [4.69, 9.17) is 9.47 Å². The highest BCUT2D eigenvalue weighted by Gasteiger charge is 2.31. The van der Waals surface area contributed by atoms with Gasteiger partial charge in [-0.05, 0) is 39.2 Å². The smallest absolute Gasteiger partial charge is 0.249 e. The van der Waals surface area contributed by atoms with Gasteiger partial charge >= 0.3 is 0 Å². The molecule has 1 aliphatic rings. The molecule has 4 heteroatoms. The van der Waals surface area contributed by atoms with Crippen molar-refractivity contribution in [1.82, 2.24) is 5.32 Å². The van der Waals surface area contributed by atoms with Crippen molar-refractivity contribution in [3.05, 3.63) is 35.9 Å². The fraction of sp³-hybridized carbons (Fsp3) is 0.588. The lowest BCUT2D eigenvalue weighted by molar-refractivity contribution is -0.134. The third-order valence-corrected chi connectivity index (χ3v) is 3.56. The van der Waals surface area contributed by atoms with Crippen LogP contribution >= 0.6 is 0 Å². The molecule has 116 valence electrons. The third-order valence-electron chi connectivity index (χ3n) is 3.56. The second kappa shape index (κ2) is 7.05. The van der Waals surface area contributed by atoms with Gasteiger partial charge in [0.15, 0.2) is 0 Å². The number of rotatable bonds is 6. The van der Waals surface area contributed by atoms with E-state index in [-0.39, 0.29) is 18.1 Å². The van der Waals surface area contributed by atoms with E-state index in [2.05, 4.69) is 5.32 Å². The van der Waals surface area contributed by atoms with Gasteiger partial charge in [0.05, 0.1) is 24.9 Å². The molecule has 1 aliphatic heterocycles. The van der Waals surface area contributed by atoms with Crippen LogP contribution < -0.4 is 5.32 Å². The van der Waals surface area contributed by atoms with E-state index in [9.17, 15) is 4.79 Å². The summed E-state index contributed by atoms with van der Waals surface area (Å²) in [6.07, 6.45) is 1.61. The van der Waals surface area contributed by atoms with Gasteiger partial charge in [-0.3, -0.25) is 4.79 Å². The Morgan fingerprint density at radius 2 is 2.05 bits per heavy atom. The molecule has 0 aliphatic carbocycles. The van der Waals surface area contributed by atoms with Crippen molar-refractivity contribution in [1.29, 1.82) is 0 Å². The second-order valence-electron chi connectivity index (χ2n) is 6.36. The van der Waals surface area contributed by atoms with Gasteiger partial charge in [-0.1, -0.05) is 30.3 Å². The zero-order chi connectivity index (χ0) is 15.3. The van der Waals surface area contributed by atoms with Crippen LogP contribution in [0.2, 0.25) is 0 Å². The van der Waals surface area contributed by atoms with Gasteiger partial charge in [0.25, 0.3) is 0 Å². The molecule has 0 aromatic heterocycles. The van der Waals surface area contributed by atoms with E-state index in [0.717, 1.165) is 18.4 Å². The average Bonchev–Trinajstić information content (AvgIpc) is 2.86. The average molecular weight is 291 g/mol. The SMILES string of the molecule is C[C@H]1CC[C@H](C(=O)NC(C)(C)COCc2ccccc2)O1. The van der Waals surface area contributed by atoms with Crippen molar-refractivity contribution in [2.75, 3.05) is 6.61 Å². The van der Waals surface area contributed by atoms with E-state index in [0.29, 0.717) is 13.2 Å². The fourth-order valence-corrected chi connectivity index (χ4v) is 2.44. The number of amides is 1. The lowest BCUT2D eigenvalue weighted by Gasteiger charge is -2.27. The summed E-state index contributed by atoms with van der Waals surface area (Å²) in [7, 11) is 0. The lowest BCUT2D eigenvalue weighted by Crippen LogP contribution is -2.50. The van der Waals surface area contributed by atoms with Gasteiger partial charge in [-0.15, -0.1) is 0 Å². The van der Waals surface area contributed by atoms with Crippen molar-refractivity contribution in [3.8, 4) is 0 Å². The molecule has 21 heavy (non-hydrogen) atoms. The Morgan fingerprint density at radius 3 is 2.67 bits per heavy atom. The molecule has 1 amide bonds. The highest BCUT2D eigenvalue weighted by atomic mass is 16.5. The van der Waals surface area contributed by atoms with Crippen molar-refractivity contribution in [2.24, 2.45) is 0 Å². The Bertz CT molecular complexity index is 458. The lowest BCUT2D eigenvalue weighted by atomic mass is 10.1. The molecule has 2 atom stereocenters. The van der Waals surface area contributed by atoms with Crippen molar-refractivity contribution < 1.29 is 14.3 Å². The number of carbonyl (C=O) groups is 1. The predicted molar refractivity (Wildman–Crippen MR) is 81.9 cm³/mol. The first-order valence-electron chi connectivity index (χ1n) is 7.55. The quantitative estimate of drug-likeness (QED) is 0.876. The van der Waals surface area contributed by atoms with E-state index < -0.39 is 5.54 Å². The van der Waals surface area contributed by atoms with Gasteiger partial charge in [0.2, 0.25) is 5.91 Å². The maximum Gasteiger partial charge on any atom is 0.249 e. The number of carbonyl (C=O) groups excluding carboxylic acids is 1. The summed E-state index contributed by atoms with van der Waals surface area (Å²) in [6, 6.07) is 10.0. The van der Waals surface area contributed by atoms with Gasteiger partial charge in [-0.25, -0.2) is 0 Å². The summed E-state index contributed by atoms with van der Waals surface area (Å²) in [6.45, 7) is 6.96. The third kappa shape index (κ3) is 5.14. The summed E-state index contributed by atoms with van der Waals surface area (Å²) in [5.41, 5.74) is 0.730. The van der Waals surface area contributed by atoms with Crippen LogP contribution in [0.4, 0.5) is 0 Å². The van der Waals surface area contributed by atoms with Gasteiger partial charge in [-0.2, -0.15) is 0 Å². The van der Waals surface area contributed by atoms with Crippen LogP contribution in [0.5, 0.6) is 0 Å². The molecule has 1 N–H and O–H groups in total. The summed E-state index contributed by atoms with van der Waals surface area (Å²) < 4.78 is 11.3. The Hall–Kier alpha value is -1.39. The maximum absolute atomic E-state index is 12.1. The molecule has 0 spiro atoms. The molecule has 1 heterocycles. The summed E-state index contributed by atoms with van der Waals surface area (Å²) in [5, 5.41) is 3.02. The van der Waals surface area contributed by atoms with E-state index in [1.54, 1.807) is 0 Å². The van der Waals surface area contributed by atoms with Crippen molar-refractivity contribution in [2.45, 2.75) is 58.0 Å². The minimum Gasteiger partial charge on any atom is -0.374 e. The molecule has 2 rings (SSSR count). The molecule has 0 unspecified atom stereocenters. The van der Waals surface area contributed by atoms with Crippen LogP contribution in [0.15, 0.2) is 30.3 Å². The Balaban J connectivity index is 1.75. The summed E-state index contributed by atoms with van der Waals surface area (Å²) in [5.74, 6) is -0.0346. The fourth-order valence-electron chi connectivity index (χ4n) is 2.44. The molecule has 1 fully saturated rings. The van der Waals surface area contributed by atoms with Crippen molar-refractivity contribution >= 4 is 5.91 Å². The van der Waals surface area contributed by atoms with Crippen LogP contribution in [0.25, 0.3) is 0 Å². The monoisotopic (exact) mass is 291 g/mol. The number of ether oxygens (including phenoxy) is 2. The zero-order valence-corrected chi connectivity index (χ0v) is 13.1. The van der Waals surface area contributed by atoms with E-state index in [1.165, 1.54) is 0 Å². The summed E-state index contributed by atoms with van der Waals surface area (Å²) in [4.78, 5) is 12.1. The molecule has 1 aromatic carbocycles. The summed E-state index contributed by atoms with van der Waals surface area (Å²) >= 11 is 0. The molecular formula is C17H25NO3. The molecule has 0 bridgehead atoms. The molecular weight excluding hydrogens is 266 g/mol. The predicted octanol–water partition coefficient (Wildman–Crippen LogP) is 2.67. The zero-order valence-electron chi connectivity index (χ0n) is 13.1. The topological polar surface area (TPSA) is 47.6 Å². The first-order valence-corrected chi connectivity index (χ1v) is 7.55. The first-order chi connectivity index (χ1) is 9.96. The molecule has 0 radical (unpaired) electrons. The van der Waals surface area contributed by atoms with Crippen LogP contribution in [-0.4, -0.2) is 30.3 Å². The first kappa shape index (κ1) is 16.0. The maximum atomic E-state index is 12.1. The molecule has 1 aromatic rings. The Labute approximate surface area is 126 Å². The number of nitrogens with one attached hydrogen (secondary N) is 1. The number of hydrogen-bond acceptors (Lipinski definition) is 3. The van der Waals surface area contributed by atoms with E-state index >= 15 is 0 Å². The van der Waals surface area contributed by atoms with E-state index in [1.807, 2.05) is 51.1 Å². The number of hydrogen-bond donors (Lipinski definition) is 1. The second-order valence-corrected chi connectivity index (χ2v) is 6.36. The minimum absolute atomic E-state index is 0.0346. The largest absolute Gasteiger partial charge is 0.374 e. The molecule has 1 saturated heterocycles. The minimum atomic E-state index is -0.402. The number of benzene rings is 1. The normalized spacial score (nSPS) is 22.2.